The third-order valence-corrected chi connectivity index (χ3v) is 5.11. The topological polar surface area (TPSA) is 40.5 Å². The molecular formula is C21H18ClNO3. The molecule has 26 heavy (non-hydrogen) atoms. The van der Waals surface area contributed by atoms with E-state index in [1.165, 1.54) is 0 Å². The maximum absolute atomic E-state index is 13.1. The van der Waals surface area contributed by atoms with Gasteiger partial charge in [0.15, 0.2) is 17.3 Å². The fraction of sp³-hybridized carbons (Fsp3) is 0.190. The molecule has 0 fully saturated rings. The number of fused-ring (bicyclic) bond motifs is 3. The van der Waals surface area contributed by atoms with Gasteiger partial charge >= 0.3 is 0 Å². The zero-order chi connectivity index (χ0) is 18.3. The first kappa shape index (κ1) is 16.7. The number of Topliss-reactive ketones (excluding diaryl/α,β-unsaturated/α-hetero) is 1. The molecule has 1 aliphatic rings. The Bertz CT molecular complexity index is 975. The summed E-state index contributed by atoms with van der Waals surface area (Å²) < 4.78 is 12.9. The SMILES string of the molecule is COc1cc2c(cc1OC)-n1cccc1[C@H](c1ccc(Cl)cc1)CC2=O. The van der Waals surface area contributed by atoms with Crippen LogP contribution in [-0.4, -0.2) is 24.6 Å². The number of nitrogens with zero attached hydrogens (tertiary/aromatic N) is 1. The van der Waals surface area contributed by atoms with Gasteiger partial charge < -0.3 is 14.0 Å². The van der Waals surface area contributed by atoms with E-state index in [9.17, 15) is 4.79 Å². The van der Waals surface area contributed by atoms with E-state index in [2.05, 4.69) is 10.6 Å². The highest BCUT2D eigenvalue weighted by Gasteiger charge is 2.29. The normalized spacial score (nSPS) is 15.8. The Morgan fingerprint density at radius 2 is 1.73 bits per heavy atom. The summed E-state index contributed by atoms with van der Waals surface area (Å²) in [6.45, 7) is 0. The van der Waals surface area contributed by atoms with E-state index in [1.54, 1.807) is 20.3 Å². The number of aromatic nitrogens is 1. The van der Waals surface area contributed by atoms with Gasteiger partial charge in [0.1, 0.15) is 0 Å². The minimum atomic E-state index is -0.0424. The monoisotopic (exact) mass is 367 g/mol. The van der Waals surface area contributed by atoms with Crippen LogP contribution in [-0.2, 0) is 0 Å². The molecule has 0 saturated carbocycles. The summed E-state index contributed by atoms with van der Waals surface area (Å²) in [7, 11) is 3.17. The highest BCUT2D eigenvalue weighted by atomic mass is 35.5. The average Bonchev–Trinajstić information content (AvgIpc) is 3.11. The van der Waals surface area contributed by atoms with Crippen LogP contribution in [0.1, 0.15) is 34.0 Å². The average molecular weight is 368 g/mol. The van der Waals surface area contributed by atoms with Crippen molar-refractivity contribution in [3.63, 3.8) is 0 Å². The van der Waals surface area contributed by atoms with Gasteiger partial charge in [-0.1, -0.05) is 23.7 Å². The van der Waals surface area contributed by atoms with Crippen molar-refractivity contribution in [3.05, 3.63) is 76.6 Å². The quantitative estimate of drug-likeness (QED) is 0.663. The fourth-order valence-corrected chi connectivity index (χ4v) is 3.70. The van der Waals surface area contributed by atoms with E-state index >= 15 is 0 Å². The molecule has 5 heteroatoms. The second-order valence-electron chi connectivity index (χ2n) is 6.26. The van der Waals surface area contributed by atoms with Crippen molar-refractivity contribution < 1.29 is 14.3 Å². The molecule has 132 valence electrons. The molecule has 4 rings (SSSR count). The number of halogens is 1. The molecule has 0 unspecified atom stereocenters. The number of carbonyl (C=O) groups is 1. The summed E-state index contributed by atoms with van der Waals surface area (Å²) >= 11 is 6.03. The van der Waals surface area contributed by atoms with Gasteiger partial charge in [0.2, 0.25) is 0 Å². The molecule has 2 aromatic carbocycles. The molecule has 0 N–H and O–H groups in total. The molecule has 3 aromatic rings. The van der Waals surface area contributed by atoms with Crippen molar-refractivity contribution in [1.82, 2.24) is 4.57 Å². The number of benzene rings is 2. The lowest BCUT2D eigenvalue weighted by Crippen LogP contribution is -2.07. The van der Waals surface area contributed by atoms with E-state index in [-0.39, 0.29) is 11.7 Å². The van der Waals surface area contributed by atoms with Crippen LogP contribution in [0.15, 0.2) is 54.7 Å². The molecule has 0 aliphatic carbocycles. The minimum Gasteiger partial charge on any atom is -0.493 e. The lowest BCUT2D eigenvalue weighted by atomic mass is 9.90. The summed E-state index contributed by atoms with van der Waals surface area (Å²) in [4.78, 5) is 13.1. The van der Waals surface area contributed by atoms with Crippen LogP contribution < -0.4 is 9.47 Å². The molecule has 0 spiro atoms. The van der Waals surface area contributed by atoms with Gasteiger partial charge in [0.05, 0.1) is 19.9 Å². The largest absolute Gasteiger partial charge is 0.493 e. The molecule has 1 atom stereocenters. The van der Waals surface area contributed by atoms with Gasteiger partial charge in [-0.15, -0.1) is 0 Å². The van der Waals surface area contributed by atoms with Gasteiger partial charge in [-0.05, 0) is 35.9 Å². The van der Waals surface area contributed by atoms with E-state index in [0.29, 0.717) is 28.5 Å². The maximum atomic E-state index is 13.1. The lowest BCUT2D eigenvalue weighted by molar-refractivity contribution is 0.0979. The highest BCUT2D eigenvalue weighted by Crippen LogP contribution is 2.40. The predicted molar refractivity (Wildman–Crippen MR) is 101 cm³/mol. The second-order valence-corrected chi connectivity index (χ2v) is 6.70. The van der Waals surface area contributed by atoms with Crippen LogP contribution in [0, 0.1) is 0 Å². The lowest BCUT2D eigenvalue weighted by Gasteiger charge is -2.17. The molecule has 1 aliphatic heterocycles. The van der Waals surface area contributed by atoms with Crippen LogP contribution in [0.25, 0.3) is 5.69 Å². The van der Waals surface area contributed by atoms with Gasteiger partial charge in [0.25, 0.3) is 0 Å². The van der Waals surface area contributed by atoms with Crippen molar-refractivity contribution in [2.75, 3.05) is 14.2 Å². The molecule has 4 nitrogen and oxygen atoms in total. The van der Waals surface area contributed by atoms with Gasteiger partial charge in [-0.2, -0.15) is 0 Å². The molecule has 0 saturated heterocycles. The Labute approximate surface area is 156 Å². The predicted octanol–water partition coefficient (Wildman–Crippen LogP) is 4.87. The van der Waals surface area contributed by atoms with Gasteiger partial charge in [-0.3, -0.25) is 4.79 Å². The maximum Gasteiger partial charge on any atom is 0.166 e. The summed E-state index contributed by atoms with van der Waals surface area (Å²) in [6.07, 6.45) is 2.36. The smallest absolute Gasteiger partial charge is 0.166 e. The first-order valence-electron chi connectivity index (χ1n) is 8.34. The number of methoxy groups -OCH3 is 2. The number of carbonyl (C=O) groups excluding carboxylic acids is 1. The third-order valence-electron chi connectivity index (χ3n) is 4.86. The Morgan fingerprint density at radius 1 is 1.04 bits per heavy atom. The molecule has 1 aromatic heterocycles. The van der Waals surface area contributed by atoms with Crippen molar-refractivity contribution in [1.29, 1.82) is 0 Å². The van der Waals surface area contributed by atoms with Crippen LogP contribution in [0.5, 0.6) is 11.5 Å². The number of ketones is 1. The number of hydrogen-bond acceptors (Lipinski definition) is 3. The Kier molecular flexibility index (Phi) is 4.21. The minimum absolute atomic E-state index is 0.0424. The second kappa shape index (κ2) is 6.54. The van der Waals surface area contributed by atoms with E-state index in [4.69, 9.17) is 21.1 Å². The van der Waals surface area contributed by atoms with Crippen molar-refractivity contribution in [2.24, 2.45) is 0 Å². The van der Waals surface area contributed by atoms with Crippen LogP contribution in [0.4, 0.5) is 0 Å². The van der Waals surface area contributed by atoms with E-state index in [1.807, 2.05) is 42.6 Å². The van der Waals surface area contributed by atoms with Crippen molar-refractivity contribution >= 4 is 17.4 Å². The summed E-state index contributed by atoms with van der Waals surface area (Å²) in [5.74, 6) is 1.19. The first-order chi connectivity index (χ1) is 12.6. The van der Waals surface area contributed by atoms with Crippen LogP contribution in [0.2, 0.25) is 5.02 Å². The summed E-state index contributed by atoms with van der Waals surface area (Å²) in [6, 6.07) is 15.4. The van der Waals surface area contributed by atoms with Crippen molar-refractivity contribution in [2.45, 2.75) is 12.3 Å². The Balaban J connectivity index is 1.91. The first-order valence-corrected chi connectivity index (χ1v) is 8.72. The molecule has 0 amide bonds. The molecule has 0 bridgehead atoms. The molecule has 0 radical (unpaired) electrons. The number of ether oxygens (including phenoxy) is 2. The summed E-state index contributed by atoms with van der Waals surface area (Å²) in [5.41, 5.74) is 3.57. The zero-order valence-corrected chi connectivity index (χ0v) is 15.3. The van der Waals surface area contributed by atoms with E-state index in [0.717, 1.165) is 16.9 Å². The standard InChI is InChI=1S/C21H18ClNO3/c1-25-20-11-16-18(12-21(20)26-2)23-9-3-4-17(23)15(10-19(16)24)13-5-7-14(22)8-6-13/h3-9,11-12,15H,10H2,1-2H3/t15-/m0/s1. The molecular weight excluding hydrogens is 350 g/mol. The number of hydrogen-bond donors (Lipinski definition) is 0. The zero-order valence-electron chi connectivity index (χ0n) is 14.5. The Hall–Kier alpha value is -2.72. The van der Waals surface area contributed by atoms with Gasteiger partial charge in [0, 0.05) is 40.9 Å². The van der Waals surface area contributed by atoms with Crippen LogP contribution >= 0.6 is 11.6 Å². The highest BCUT2D eigenvalue weighted by molar-refractivity contribution is 6.30. The number of rotatable bonds is 3. The summed E-state index contributed by atoms with van der Waals surface area (Å²) in [5, 5.41) is 0.682. The van der Waals surface area contributed by atoms with E-state index < -0.39 is 0 Å². The van der Waals surface area contributed by atoms with Crippen molar-refractivity contribution in [3.8, 4) is 17.2 Å². The van der Waals surface area contributed by atoms with Gasteiger partial charge in [-0.25, -0.2) is 0 Å². The fourth-order valence-electron chi connectivity index (χ4n) is 3.57. The Morgan fingerprint density at radius 3 is 2.42 bits per heavy atom. The van der Waals surface area contributed by atoms with Crippen LogP contribution in [0.3, 0.4) is 0 Å². The third kappa shape index (κ3) is 2.67. The molecule has 2 heterocycles.